The molecule has 0 spiro atoms. The number of halogens is 2. The van der Waals surface area contributed by atoms with Gasteiger partial charge in [-0.3, -0.25) is 9.89 Å². The lowest BCUT2D eigenvalue weighted by molar-refractivity contribution is 0.0179. The van der Waals surface area contributed by atoms with Gasteiger partial charge >= 0.3 is 0 Å². The van der Waals surface area contributed by atoms with Crippen molar-refractivity contribution in [2.24, 2.45) is 10.7 Å². The number of benzene rings is 1. The molecule has 0 aromatic heterocycles. The molecule has 2 saturated heterocycles. The molecule has 5 nitrogen and oxygen atoms in total. The van der Waals surface area contributed by atoms with E-state index >= 15 is 0 Å². The number of morpholine rings is 1. The zero-order valence-electron chi connectivity index (χ0n) is 14.3. The molecule has 0 amide bonds. The van der Waals surface area contributed by atoms with Crippen LogP contribution in [-0.2, 0) is 4.74 Å². The van der Waals surface area contributed by atoms with Crippen LogP contribution in [0.4, 0.5) is 4.39 Å². The summed E-state index contributed by atoms with van der Waals surface area (Å²) in [5.41, 5.74) is 7.13. The predicted molar refractivity (Wildman–Crippen MR) is 112 cm³/mol. The van der Waals surface area contributed by atoms with Gasteiger partial charge in [-0.2, -0.15) is 11.8 Å². The molecular weight excluding hydrogens is 454 g/mol. The van der Waals surface area contributed by atoms with Crippen LogP contribution in [0.5, 0.6) is 0 Å². The topological polar surface area (TPSA) is 54.1 Å². The van der Waals surface area contributed by atoms with Crippen molar-refractivity contribution in [2.45, 2.75) is 6.04 Å². The van der Waals surface area contributed by atoms with Crippen molar-refractivity contribution in [3.63, 3.8) is 0 Å². The lowest BCUT2D eigenvalue weighted by atomic mass is 10.0. The maximum Gasteiger partial charge on any atom is 0.191 e. The van der Waals surface area contributed by atoms with E-state index in [1.807, 2.05) is 17.8 Å². The average molecular weight is 480 g/mol. The van der Waals surface area contributed by atoms with Crippen LogP contribution >= 0.6 is 35.7 Å². The minimum absolute atomic E-state index is 0. The number of thioether (sulfide) groups is 1. The lowest BCUT2D eigenvalue weighted by Crippen LogP contribution is -2.44. The minimum atomic E-state index is -0.212. The Bertz CT molecular complexity index is 565. The Kier molecular flexibility index (Phi) is 8.74. The Hall–Kier alpha value is -0.580. The van der Waals surface area contributed by atoms with Crippen molar-refractivity contribution in [1.29, 1.82) is 0 Å². The number of hydrogen-bond donors (Lipinski definition) is 1. The second-order valence-electron chi connectivity index (χ2n) is 6.02. The molecule has 2 aliphatic rings. The van der Waals surface area contributed by atoms with Crippen molar-refractivity contribution in [1.82, 2.24) is 9.80 Å². The summed E-state index contributed by atoms with van der Waals surface area (Å²) >= 11 is 1.95. The molecule has 8 heteroatoms. The van der Waals surface area contributed by atoms with E-state index < -0.39 is 0 Å². The van der Waals surface area contributed by atoms with Gasteiger partial charge in [-0.1, -0.05) is 12.1 Å². The number of aliphatic imine (C=N–C) groups is 1. The molecule has 1 atom stereocenters. The molecule has 140 valence electrons. The molecular formula is C17H26FIN4OS. The van der Waals surface area contributed by atoms with E-state index in [4.69, 9.17) is 10.5 Å². The van der Waals surface area contributed by atoms with Crippen LogP contribution in [0.1, 0.15) is 11.6 Å². The third kappa shape index (κ3) is 5.97. The molecule has 2 fully saturated rings. The van der Waals surface area contributed by atoms with Crippen LogP contribution in [0.25, 0.3) is 0 Å². The maximum absolute atomic E-state index is 13.7. The molecule has 3 rings (SSSR count). The highest BCUT2D eigenvalue weighted by atomic mass is 127. The molecule has 0 aliphatic carbocycles. The number of nitrogens with zero attached hydrogens (tertiary/aromatic N) is 3. The molecule has 2 aliphatic heterocycles. The van der Waals surface area contributed by atoms with E-state index in [1.165, 1.54) is 6.07 Å². The molecule has 2 N–H and O–H groups in total. The zero-order chi connectivity index (χ0) is 16.8. The molecule has 0 radical (unpaired) electrons. The van der Waals surface area contributed by atoms with Gasteiger partial charge in [-0.15, -0.1) is 24.0 Å². The highest BCUT2D eigenvalue weighted by Gasteiger charge is 2.23. The van der Waals surface area contributed by atoms with Gasteiger partial charge in [-0.25, -0.2) is 4.39 Å². The second-order valence-corrected chi connectivity index (χ2v) is 7.24. The quantitative estimate of drug-likeness (QED) is 0.407. The summed E-state index contributed by atoms with van der Waals surface area (Å²) < 4.78 is 19.1. The normalized spacial score (nSPS) is 20.8. The van der Waals surface area contributed by atoms with Gasteiger partial charge < -0.3 is 15.4 Å². The molecule has 0 bridgehead atoms. The first-order chi connectivity index (χ1) is 11.7. The van der Waals surface area contributed by atoms with E-state index in [1.54, 1.807) is 12.1 Å². The summed E-state index contributed by atoms with van der Waals surface area (Å²) in [5.74, 6) is 2.57. The van der Waals surface area contributed by atoms with Gasteiger partial charge in [0.25, 0.3) is 0 Å². The molecule has 1 aromatic carbocycles. The summed E-state index contributed by atoms with van der Waals surface area (Å²) in [6.45, 7) is 5.50. The Morgan fingerprint density at radius 2 is 1.96 bits per heavy atom. The number of guanidine groups is 1. The van der Waals surface area contributed by atoms with Gasteiger partial charge in [0.2, 0.25) is 0 Å². The summed E-state index contributed by atoms with van der Waals surface area (Å²) in [5, 5.41) is 0. The summed E-state index contributed by atoms with van der Waals surface area (Å²) in [7, 11) is 0. The van der Waals surface area contributed by atoms with Crippen molar-refractivity contribution in [3.8, 4) is 0 Å². The fourth-order valence-corrected chi connectivity index (χ4v) is 4.01. The number of nitrogens with two attached hydrogens (primary N) is 1. The second kappa shape index (κ2) is 10.5. The summed E-state index contributed by atoms with van der Waals surface area (Å²) in [6.07, 6.45) is 0. The first kappa shape index (κ1) is 20.7. The fourth-order valence-electron chi connectivity index (χ4n) is 3.11. The standard InChI is InChI=1S/C17H25FN4OS.HI/c18-15-3-1-2-14(12-15)16(21-4-8-23-9-5-21)13-20-17(19)22-6-10-24-11-7-22;/h1-3,12,16H,4-11,13H2,(H2,19,20);1H. The highest BCUT2D eigenvalue weighted by molar-refractivity contribution is 14.0. The van der Waals surface area contributed by atoms with Crippen molar-refractivity contribution in [2.75, 3.05) is 57.4 Å². The van der Waals surface area contributed by atoms with Gasteiger partial charge in [-0.05, 0) is 17.7 Å². The SMILES string of the molecule is I.NC(=NCC(c1cccc(F)c1)N1CCOCC1)N1CCSCC1. The monoisotopic (exact) mass is 480 g/mol. The Balaban J connectivity index is 0.00000225. The maximum atomic E-state index is 13.7. The van der Waals surface area contributed by atoms with Crippen molar-refractivity contribution in [3.05, 3.63) is 35.6 Å². The molecule has 2 heterocycles. The Morgan fingerprint density at radius 3 is 2.64 bits per heavy atom. The van der Waals surface area contributed by atoms with E-state index in [0.717, 1.165) is 43.2 Å². The van der Waals surface area contributed by atoms with E-state index in [9.17, 15) is 4.39 Å². The summed E-state index contributed by atoms with van der Waals surface area (Å²) in [4.78, 5) is 9.08. The zero-order valence-corrected chi connectivity index (χ0v) is 17.4. The molecule has 1 unspecified atom stereocenters. The molecule has 1 aromatic rings. The van der Waals surface area contributed by atoms with Crippen LogP contribution in [0.3, 0.4) is 0 Å². The van der Waals surface area contributed by atoms with Crippen LogP contribution in [0, 0.1) is 5.82 Å². The van der Waals surface area contributed by atoms with Crippen LogP contribution in [-0.4, -0.2) is 73.2 Å². The van der Waals surface area contributed by atoms with Crippen LogP contribution < -0.4 is 5.73 Å². The smallest absolute Gasteiger partial charge is 0.191 e. The third-order valence-corrected chi connectivity index (χ3v) is 5.42. The van der Waals surface area contributed by atoms with Gasteiger partial charge in [0.15, 0.2) is 5.96 Å². The van der Waals surface area contributed by atoms with Crippen LogP contribution in [0.15, 0.2) is 29.3 Å². The van der Waals surface area contributed by atoms with Gasteiger partial charge in [0, 0.05) is 37.7 Å². The van der Waals surface area contributed by atoms with E-state index in [0.29, 0.717) is 25.7 Å². The first-order valence-corrected chi connectivity index (χ1v) is 9.59. The number of ether oxygens (including phenoxy) is 1. The van der Waals surface area contributed by atoms with Gasteiger partial charge in [0.1, 0.15) is 5.82 Å². The summed E-state index contributed by atoms with van der Waals surface area (Å²) in [6, 6.07) is 6.83. The molecule has 25 heavy (non-hydrogen) atoms. The molecule has 0 saturated carbocycles. The van der Waals surface area contributed by atoms with Crippen LogP contribution in [0.2, 0.25) is 0 Å². The largest absolute Gasteiger partial charge is 0.379 e. The average Bonchev–Trinajstić information content (AvgIpc) is 2.63. The Labute approximate surface area is 170 Å². The van der Waals surface area contributed by atoms with E-state index in [2.05, 4.69) is 14.8 Å². The number of hydrogen-bond acceptors (Lipinski definition) is 4. The Morgan fingerprint density at radius 1 is 1.24 bits per heavy atom. The third-order valence-electron chi connectivity index (χ3n) is 4.48. The lowest BCUT2D eigenvalue weighted by Gasteiger charge is -2.34. The van der Waals surface area contributed by atoms with Gasteiger partial charge in [0.05, 0.1) is 25.8 Å². The fraction of sp³-hybridized carbons (Fsp3) is 0.588. The predicted octanol–water partition coefficient (Wildman–Crippen LogP) is 2.18. The van der Waals surface area contributed by atoms with Crippen molar-refractivity contribution >= 4 is 41.7 Å². The number of rotatable bonds is 4. The highest BCUT2D eigenvalue weighted by Crippen LogP contribution is 2.23. The van der Waals surface area contributed by atoms with E-state index in [-0.39, 0.29) is 35.8 Å². The minimum Gasteiger partial charge on any atom is -0.379 e. The van der Waals surface area contributed by atoms with Crippen molar-refractivity contribution < 1.29 is 9.13 Å². The first-order valence-electron chi connectivity index (χ1n) is 8.44.